The maximum absolute atomic E-state index is 5.77. The first-order valence-electron chi connectivity index (χ1n) is 6.07. The number of nitrogens with two attached hydrogens (primary N) is 1. The molecule has 1 aromatic heterocycles. The van der Waals surface area contributed by atoms with Gasteiger partial charge < -0.3 is 4.74 Å². The summed E-state index contributed by atoms with van der Waals surface area (Å²) >= 11 is 1.67. The summed E-state index contributed by atoms with van der Waals surface area (Å²) in [5.41, 5.74) is 3.95. The number of thiazole rings is 1. The highest BCUT2D eigenvalue weighted by atomic mass is 32.1. The Labute approximate surface area is 108 Å². The van der Waals surface area contributed by atoms with E-state index in [0.29, 0.717) is 12.5 Å². The molecule has 0 bridgehead atoms. The molecule has 4 nitrogen and oxygen atoms in total. The molecule has 1 aromatic rings. The number of nitrogens with one attached hydrogen (secondary N) is 1. The third kappa shape index (κ3) is 4.35. The Hall–Kier alpha value is -0.490. The van der Waals surface area contributed by atoms with Crippen molar-refractivity contribution in [1.82, 2.24) is 10.4 Å². The minimum absolute atomic E-state index is 0.108. The van der Waals surface area contributed by atoms with Crippen LogP contribution in [0, 0.1) is 12.8 Å². The van der Waals surface area contributed by atoms with Crippen molar-refractivity contribution in [2.45, 2.75) is 46.3 Å². The first-order valence-corrected chi connectivity index (χ1v) is 6.95. The Balaban J connectivity index is 2.68. The van der Waals surface area contributed by atoms with Crippen LogP contribution in [0.25, 0.3) is 0 Å². The average Bonchev–Trinajstić information content (AvgIpc) is 2.68. The van der Waals surface area contributed by atoms with Gasteiger partial charge in [0.1, 0.15) is 0 Å². The molecule has 1 rings (SSSR count). The second-order valence-corrected chi connectivity index (χ2v) is 5.56. The van der Waals surface area contributed by atoms with E-state index in [1.165, 1.54) is 0 Å². The summed E-state index contributed by atoms with van der Waals surface area (Å²) in [5, 5.41) is 3.18. The van der Waals surface area contributed by atoms with Gasteiger partial charge in [0.05, 0.1) is 22.8 Å². The molecule has 0 spiro atoms. The van der Waals surface area contributed by atoms with Gasteiger partial charge in [-0.15, -0.1) is 11.3 Å². The Kier molecular flexibility index (Phi) is 6.05. The molecule has 3 N–H and O–H groups in total. The second kappa shape index (κ2) is 7.06. The van der Waals surface area contributed by atoms with Crippen molar-refractivity contribution in [3.05, 3.63) is 16.1 Å². The number of nitrogens with zero attached hydrogens (tertiary/aromatic N) is 1. The smallest absolute Gasteiger partial charge is 0.0897 e. The lowest BCUT2D eigenvalue weighted by Crippen LogP contribution is -2.49. The van der Waals surface area contributed by atoms with Gasteiger partial charge in [0.2, 0.25) is 0 Å². The van der Waals surface area contributed by atoms with Crippen LogP contribution in [0.15, 0.2) is 5.38 Å². The normalized spacial score (nSPS) is 15.2. The molecule has 0 aliphatic heterocycles. The second-order valence-electron chi connectivity index (χ2n) is 4.50. The molecular weight excluding hydrogens is 234 g/mol. The third-order valence-electron chi connectivity index (χ3n) is 2.72. The van der Waals surface area contributed by atoms with E-state index in [9.17, 15) is 0 Å². The molecule has 2 unspecified atom stereocenters. The summed E-state index contributed by atoms with van der Waals surface area (Å²) in [6, 6.07) is 0.108. The largest absolute Gasteiger partial charge is 0.377 e. The van der Waals surface area contributed by atoms with Gasteiger partial charge >= 0.3 is 0 Å². The van der Waals surface area contributed by atoms with Gasteiger partial charge in [-0.25, -0.2) is 4.98 Å². The SMILES string of the molecule is CCOC(C(C)C)C(Cc1csc(C)n1)NN. The van der Waals surface area contributed by atoms with Crippen molar-refractivity contribution < 1.29 is 4.74 Å². The zero-order valence-electron chi connectivity index (χ0n) is 11.1. The molecule has 0 fully saturated rings. The van der Waals surface area contributed by atoms with Crippen LogP contribution in [0.2, 0.25) is 0 Å². The van der Waals surface area contributed by atoms with E-state index >= 15 is 0 Å². The van der Waals surface area contributed by atoms with Crippen LogP contribution >= 0.6 is 11.3 Å². The molecule has 0 aromatic carbocycles. The topological polar surface area (TPSA) is 60.2 Å². The standard InChI is InChI=1S/C12H23N3OS/c1-5-16-12(8(2)3)11(15-13)6-10-7-17-9(4)14-10/h7-8,11-12,15H,5-6,13H2,1-4H3. The van der Waals surface area contributed by atoms with E-state index < -0.39 is 0 Å². The molecule has 0 aliphatic carbocycles. The van der Waals surface area contributed by atoms with Gasteiger partial charge in [-0.3, -0.25) is 11.3 Å². The van der Waals surface area contributed by atoms with Crippen LogP contribution in [-0.4, -0.2) is 23.7 Å². The van der Waals surface area contributed by atoms with E-state index in [0.717, 1.165) is 17.1 Å². The summed E-state index contributed by atoms with van der Waals surface area (Å²) < 4.78 is 5.77. The average molecular weight is 257 g/mol. The van der Waals surface area contributed by atoms with Gasteiger partial charge in [-0.2, -0.15) is 0 Å². The van der Waals surface area contributed by atoms with Crippen molar-refractivity contribution in [1.29, 1.82) is 0 Å². The van der Waals surface area contributed by atoms with Gasteiger partial charge in [-0.05, 0) is 19.8 Å². The first-order chi connectivity index (χ1) is 8.08. The van der Waals surface area contributed by atoms with Crippen molar-refractivity contribution in [3.8, 4) is 0 Å². The predicted octanol–water partition coefficient (Wildman–Crippen LogP) is 1.89. The molecule has 0 radical (unpaired) electrons. The Bertz CT molecular complexity index is 327. The Morgan fingerprint density at radius 3 is 2.65 bits per heavy atom. The molecule has 0 amide bonds. The molecule has 1 heterocycles. The summed E-state index contributed by atoms with van der Waals surface area (Å²) in [5.74, 6) is 6.07. The lowest BCUT2D eigenvalue weighted by atomic mass is 9.96. The molecule has 17 heavy (non-hydrogen) atoms. The molecule has 5 heteroatoms. The predicted molar refractivity (Wildman–Crippen MR) is 71.9 cm³/mol. The highest BCUT2D eigenvalue weighted by Gasteiger charge is 2.25. The number of hydrogen-bond acceptors (Lipinski definition) is 5. The summed E-state index contributed by atoms with van der Waals surface area (Å²) in [4.78, 5) is 4.47. The van der Waals surface area contributed by atoms with Gasteiger partial charge in [0.25, 0.3) is 0 Å². The zero-order valence-corrected chi connectivity index (χ0v) is 11.9. The fourth-order valence-corrected chi connectivity index (χ4v) is 2.59. The van der Waals surface area contributed by atoms with Crippen molar-refractivity contribution >= 4 is 11.3 Å². The number of rotatable bonds is 7. The number of hydrogen-bond donors (Lipinski definition) is 2. The highest BCUT2D eigenvalue weighted by Crippen LogP contribution is 2.16. The van der Waals surface area contributed by atoms with E-state index in [1.54, 1.807) is 11.3 Å². The summed E-state index contributed by atoms with van der Waals surface area (Å²) in [6.45, 7) is 9.03. The van der Waals surface area contributed by atoms with Gasteiger partial charge in [-0.1, -0.05) is 13.8 Å². The lowest BCUT2D eigenvalue weighted by molar-refractivity contribution is 0.00337. The van der Waals surface area contributed by atoms with Crippen LogP contribution in [0.3, 0.4) is 0 Å². The van der Waals surface area contributed by atoms with Crippen LogP contribution in [0.4, 0.5) is 0 Å². The first kappa shape index (κ1) is 14.6. The number of hydrazine groups is 1. The van der Waals surface area contributed by atoms with E-state index in [4.69, 9.17) is 10.6 Å². The minimum Gasteiger partial charge on any atom is -0.377 e. The monoisotopic (exact) mass is 257 g/mol. The highest BCUT2D eigenvalue weighted by molar-refractivity contribution is 7.09. The van der Waals surface area contributed by atoms with E-state index in [-0.39, 0.29) is 12.1 Å². The lowest BCUT2D eigenvalue weighted by Gasteiger charge is -2.29. The van der Waals surface area contributed by atoms with Crippen LogP contribution in [0.1, 0.15) is 31.5 Å². The van der Waals surface area contributed by atoms with Gasteiger partial charge in [0.15, 0.2) is 0 Å². The molecule has 98 valence electrons. The quantitative estimate of drug-likeness (QED) is 0.578. The van der Waals surface area contributed by atoms with Gasteiger partial charge in [0, 0.05) is 18.4 Å². The fourth-order valence-electron chi connectivity index (χ4n) is 1.96. The Morgan fingerprint density at radius 2 is 2.24 bits per heavy atom. The number of aromatic nitrogens is 1. The summed E-state index contributed by atoms with van der Waals surface area (Å²) in [6.07, 6.45) is 0.927. The maximum atomic E-state index is 5.77. The van der Waals surface area contributed by atoms with Crippen molar-refractivity contribution in [2.24, 2.45) is 11.8 Å². The minimum atomic E-state index is 0.108. The Morgan fingerprint density at radius 1 is 1.53 bits per heavy atom. The van der Waals surface area contributed by atoms with Crippen LogP contribution in [-0.2, 0) is 11.2 Å². The molecule has 0 saturated heterocycles. The fraction of sp³-hybridized carbons (Fsp3) is 0.750. The van der Waals surface area contributed by atoms with Crippen LogP contribution in [0.5, 0.6) is 0 Å². The van der Waals surface area contributed by atoms with Crippen LogP contribution < -0.4 is 11.3 Å². The molecular formula is C12H23N3OS. The molecule has 2 atom stereocenters. The number of ether oxygens (including phenoxy) is 1. The van der Waals surface area contributed by atoms with E-state index in [2.05, 4.69) is 29.6 Å². The molecule has 0 saturated carbocycles. The van der Waals surface area contributed by atoms with E-state index in [1.807, 2.05) is 13.8 Å². The van der Waals surface area contributed by atoms with Crippen molar-refractivity contribution in [3.63, 3.8) is 0 Å². The molecule has 0 aliphatic rings. The zero-order chi connectivity index (χ0) is 12.8. The number of aryl methyl sites for hydroxylation is 1. The third-order valence-corrected chi connectivity index (χ3v) is 3.54. The maximum Gasteiger partial charge on any atom is 0.0897 e. The summed E-state index contributed by atoms with van der Waals surface area (Å²) in [7, 11) is 0. The van der Waals surface area contributed by atoms with Crippen molar-refractivity contribution in [2.75, 3.05) is 6.61 Å².